The Morgan fingerprint density at radius 3 is 2.52 bits per heavy atom. The number of benzene rings is 2. The zero-order valence-electron chi connectivity index (χ0n) is 17.9. The molecule has 0 N–H and O–H groups in total. The maximum absolute atomic E-state index is 13.4. The molecule has 31 heavy (non-hydrogen) atoms. The summed E-state index contributed by atoms with van der Waals surface area (Å²) in [6, 6.07) is 16.9. The van der Waals surface area contributed by atoms with E-state index in [4.69, 9.17) is 11.6 Å². The number of fused-ring (bicyclic) bond motifs is 3. The summed E-state index contributed by atoms with van der Waals surface area (Å²) >= 11 is 7.99. The van der Waals surface area contributed by atoms with Gasteiger partial charge >= 0.3 is 0 Å². The van der Waals surface area contributed by atoms with Crippen molar-refractivity contribution in [1.29, 1.82) is 0 Å². The van der Waals surface area contributed by atoms with Crippen molar-refractivity contribution in [2.45, 2.75) is 26.8 Å². The van der Waals surface area contributed by atoms with Gasteiger partial charge in [0.1, 0.15) is 5.15 Å². The van der Waals surface area contributed by atoms with Crippen LogP contribution in [0.15, 0.2) is 48.5 Å². The van der Waals surface area contributed by atoms with Crippen molar-refractivity contribution in [1.82, 2.24) is 9.88 Å². The number of piperazine rings is 1. The van der Waals surface area contributed by atoms with Crippen LogP contribution in [0, 0.1) is 13.8 Å². The highest BCUT2D eigenvalue weighted by Crippen LogP contribution is 2.37. The quantitative estimate of drug-likeness (QED) is 0.348. The number of pyridine rings is 1. The number of nitrogens with zero attached hydrogens (tertiary/aromatic N) is 3. The maximum atomic E-state index is 13.4. The van der Waals surface area contributed by atoms with E-state index >= 15 is 0 Å². The van der Waals surface area contributed by atoms with Gasteiger partial charge in [-0.15, -0.1) is 11.3 Å². The third kappa shape index (κ3) is 3.66. The normalized spacial score (nSPS) is 17.0. The van der Waals surface area contributed by atoms with E-state index < -0.39 is 0 Å². The minimum atomic E-state index is 0.0773. The summed E-state index contributed by atoms with van der Waals surface area (Å²) in [6.07, 6.45) is 0. The van der Waals surface area contributed by atoms with Gasteiger partial charge in [-0.2, -0.15) is 0 Å². The van der Waals surface area contributed by atoms with Crippen molar-refractivity contribution in [2.24, 2.45) is 0 Å². The van der Waals surface area contributed by atoms with Crippen LogP contribution in [0.1, 0.15) is 27.7 Å². The van der Waals surface area contributed by atoms with Crippen LogP contribution in [0.25, 0.3) is 21.0 Å². The van der Waals surface area contributed by atoms with Crippen LogP contribution >= 0.6 is 22.9 Å². The first-order valence-electron chi connectivity index (χ1n) is 10.5. The number of hydrogen-bond donors (Lipinski definition) is 0. The zero-order valence-corrected chi connectivity index (χ0v) is 19.4. The molecular formula is C25H24ClN3OS. The molecule has 0 aliphatic carbocycles. The summed E-state index contributed by atoms with van der Waals surface area (Å²) in [5.74, 6) is 0.0773. The second-order valence-electron chi connectivity index (χ2n) is 8.41. The molecule has 0 radical (unpaired) electrons. The average molecular weight is 450 g/mol. The maximum Gasteiger partial charge on any atom is 0.264 e. The summed E-state index contributed by atoms with van der Waals surface area (Å²) in [7, 11) is 0. The summed E-state index contributed by atoms with van der Waals surface area (Å²) in [4.78, 5) is 23.0. The number of amides is 1. The monoisotopic (exact) mass is 449 g/mol. The first kappa shape index (κ1) is 20.3. The standard InChI is InChI=1S/C25H24ClN3OS/c1-15-4-7-18(8-5-15)29-11-10-28(14-17(29)3)25(30)22-13-20-23(31-22)19-12-16(2)6-9-21(19)27-24(20)26/h4-9,12-13,17H,10-11,14H2,1-3H3/t17-/m1/s1. The number of halogens is 1. The molecule has 1 aliphatic rings. The smallest absolute Gasteiger partial charge is 0.264 e. The Morgan fingerprint density at radius 1 is 1.03 bits per heavy atom. The summed E-state index contributed by atoms with van der Waals surface area (Å²) in [5, 5.41) is 2.37. The number of carbonyl (C=O) groups is 1. The molecule has 4 nitrogen and oxygen atoms in total. The topological polar surface area (TPSA) is 36.4 Å². The second-order valence-corrected chi connectivity index (χ2v) is 9.82. The van der Waals surface area contributed by atoms with E-state index in [1.807, 2.05) is 23.1 Å². The van der Waals surface area contributed by atoms with Crippen molar-refractivity contribution >= 4 is 55.5 Å². The number of aryl methyl sites for hydroxylation is 2. The molecule has 0 saturated carbocycles. The number of carbonyl (C=O) groups excluding carboxylic acids is 1. The molecule has 0 unspecified atom stereocenters. The van der Waals surface area contributed by atoms with Gasteiger partial charge in [0, 0.05) is 46.8 Å². The van der Waals surface area contributed by atoms with E-state index in [-0.39, 0.29) is 11.9 Å². The lowest BCUT2D eigenvalue weighted by Gasteiger charge is -2.41. The fourth-order valence-corrected chi connectivity index (χ4v) is 5.81. The van der Waals surface area contributed by atoms with Crippen LogP contribution in [-0.4, -0.2) is 41.5 Å². The average Bonchev–Trinajstić information content (AvgIpc) is 3.21. The Labute approximate surface area is 191 Å². The van der Waals surface area contributed by atoms with Crippen molar-refractivity contribution in [3.63, 3.8) is 0 Å². The lowest BCUT2D eigenvalue weighted by Crippen LogP contribution is -2.53. The molecule has 2 aromatic carbocycles. The van der Waals surface area contributed by atoms with Crippen LogP contribution in [0.4, 0.5) is 5.69 Å². The first-order valence-corrected chi connectivity index (χ1v) is 11.7. The number of rotatable bonds is 2. The van der Waals surface area contributed by atoms with E-state index in [0.717, 1.165) is 32.4 Å². The zero-order chi connectivity index (χ0) is 21.7. The van der Waals surface area contributed by atoms with Gasteiger partial charge in [0.2, 0.25) is 0 Å². The van der Waals surface area contributed by atoms with E-state index in [0.29, 0.717) is 18.2 Å². The molecular weight excluding hydrogens is 426 g/mol. The molecule has 0 bridgehead atoms. The molecule has 2 aromatic heterocycles. The number of aromatic nitrogens is 1. The molecule has 6 heteroatoms. The molecule has 1 fully saturated rings. The van der Waals surface area contributed by atoms with E-state index in [2.05, 4.69) is 61.0 Å². The molecule has 0 spiro atoms. The Hall–Kier alpha value is -2.63. The molecule has 1 amide bonds. The SMILES string of the molecule is Cc1ccc(N2CCN(C(=O)c3cc4c(Cl)nc5ccc(C)cc5c4s3)C[C@H]2C)cc1. The second kappa shape index (κ2) is 7.81. The van der Waals surface area contributed by atoms with Crippen LogP contribution < -0.4 is 4.90 Å². The molecule has 5 rings (SSSR count). The molecule has 1 aliphatic heterocycles. The summed E-state index contributed by atoms with van der Waals surface area (Å²) in [6.45, 7) is 8.58. The number of anilines is 1. The summed E-state index contributed by atoms with van der Waals surface area (Å²) < 4.78 is 1.04. The fourth-order valence-electron chi connectivity index (χ4n) is 4.36. The predicted molar refractivity (Wildman–Crippen MR) is 131 cm³/mol. The number of hydrogen-bond acceptors (Lipinski definition) is 4. The lowest BCUT2D eigenvalue weighted by atomic mass is 10.1. The third-order valence-electron chi connectivity index (χ3n) is 6.06. The highest BCUT2D eigenvalue weighted by atomic mass is 35.5. The van der Waals surface area contributed by atoms with Crippen molar-refractivity contribution < 1.29 is 4.79 Å². The van der Waals surface area contributed by atoms with Gasteiger partial charge < -0.3 is 9.80 Å². The Bertz CT molecular complexity index is 1300. The van der Waals surface area contributed by atoms with Crippen LogP contribution in [0.3, 0.4) is 0 Å². The van der Waals surface area contributed by atoms with Crippen LogP contribution in [0.2, 0.25) is 5.15 Å². The van der Waals surface area contributed by atoms with Gasteiger partial charge in [-0.25, -0.2) is 4.98 Å². The highest BCUT2D eigenvalue weighted by molar-refractivity contribution is 7.21. The first-order chi connectivity index (χ1) is 14.9. The van der Waals surface area contributed by atoms with Gasteiger partial charge in [0.15, 0.2) is 0 Å². The van der Waals surface area contributed by atoms with Crippen molar-refractivity contribution in [3.8, 4) is 0 Å². The van der Waals surface area contributed by atoms with Gasteiger partial charge in [0.25, 0.3) is 5.91 Å². The fraction of sp³-hybridized carbons (Fsp3) is 0.280. The van der Waals surface area contributed by atoms with Crippen LogP contribution in [-0.2, 0) is 0 Å². The van der Waals surface area contributed by atoms with Gasteiger partial charge in [-0.05, 0) is 51.1 Å². The van der Waals surface area contributed by atoms with Crippen molar-refractivity contribution in [2.75, 3.05) is 24.5 Å². The molecule has 158 valence electrons. The third-order valence-corrected chi connectivity index (χ3v) is 7.51. The Kier molecular flexibility index (Phi) is 5.11. The molecule has 3 heterocycles. The van der Waals surface area contributed by atoms with Crippen molar-refractivity contribution in [3.05, 3.63) is 69.7 Å². The summed E-state index contributed by atoms with van der Waals surface area (Å²) in [5.41, 5.74) is 4.50. The molecule has 1 saturated heterocycles. The minimum absolute atomic E-state index is 0.0773. The Morgan fingerprint density at radius 2 is 1.77 bits per heavy atom. The van der Waals surface area contributed by atoms with Gasteiger partial charge in [-0.3, -0.25) is 4.79 Å². The van der Waals surface area contributed by atoms with E-state index in [1.165, 1.54) is 28.2 Å². The largest absolute Gasteiger partial charge is 0.365 e. The van der Waals surface area contributed by atoms with Gasteiger partial charge in [0.05, 0.1) is 10.4 Å². The number of thiophene rings is 1. The molecule has 1 atom stereocenters. The predicted octanol–water partition coefficient (Wildman–Crippen LogP) is 6.07. The highest BCUT2D eigenvalue weighted by Gasteiger charge is 2.28. The van der Waals surface area contributed by atoms with Gasteiger partial charge in [-0.1, -0.05) is 40.9 Å². The van der Waals surface area contributed by atoms with E-state index in [1.54, 1.807) is 0 Å². The Balaban J connectivity index is 1.43. The van der Waals surface area contributed by atoms with Crippen LogP contribution in [0.5, 0.6) is 0 Å². The molecule has 4 aromatic rings. The van der Waals surface area contributed by atoms with E-state index in [9.17, 15) is 4.79 Å². The minimum Gasteiger partial charge on any atom is -0.365 e. The lowest BCUT2D eigenvalue weighted by molar-refractivity contribution is 0.0731.